The molecule has 3 rings (SSSR count). The van der Waals surface area contributed by atoms with E-state index in [9.17, 15) is 14.0 Å². The quantitative estimate of drug-likeness (QED) is 0.860. The molecule has 2 aromatic rings. The SMILES string of the molecule is Cc1ccc(NC2=CC(=O)N(CCc3ccccc3)C2=O)c(F)c1. The summed E-state index contributed by atoms with van der Waals surface area (Å²) >= 11 is 0. The molecule has 4 nitrogen and oxygen atoms in total. The molecule has 0 bridgehead atoms. The Morgan fingerprint density at radius 3 is 2.54 bits per heavy atom. The fraction of sp³-hybridized carbons (Fsp3) is 0.158. The molecule has 0 fully saturated rings. The lowest BCUT2D eigenvalue weighted by Gasteiger charge is -2.15. The van der Waals surface area contributed by atoms with Crippen LogP contribution in [-0.2, 0) is 16.0 Å². The number of hydrogen-bond acceptors (Lipinski definition) is 3. The molecule has 1 heterocycles. The van der Waals surface area contributed by atoms with Crippen molar-refractivity contribution in [3.63, 3.8) is 0 Å². The van der Waals surface area contributed by atoms with Crippen molar-refractivity contribution in [3.05, 3.63) is 77.2 Å². The molecule has 0 saturated carbocycles. The Bertz CT molecular complexity index is 815. The number of rotatable bonds is 5. The molecule has 5 heteroatoms. The number of nitrogens with zero attached hydrogens (tertiary/aromatic N) is 1. The van der Waals surface area contributed by atoms with Gasteiger partial charge in [0.1, 0.15) is 11.5 Å². The van der Waals surface area contributed by atoms with Gasteiger partial charge in [0.15, 0.2) is 0 Å². The number of carbonyl (C=O) groups excluding carboxylic acids is 2. The Balaban J connectivity index is 1.67. The summed E-state index contributed by atoms with van der Waals surface area (Å²) < 4.78 is 13.9. The first-order valence-electron chi connectivity index (χ1n) is 7.69. The number of halogens is 1. The minimum Gasteiger partial charge on any atom is -0.348 e. The van der Waals surface area contributed by atoms with Crippen LogP contribution in [0.25, 0.3) is 0 Å². The topological polar surface area (TPSA) is 49.4 Å². The molecule has 0 spiro atoms. The average molecular weight is 324 g/mol. The minimum atomic E-state index is -0.459. The summed E-state index contributed by atoms with van der Waals surface area (Å²) in [5.41, 5.74) is 2.10. The van der Waals surface area contributed by atoms with Crippen molar-refractivity contribution < 1.29 is 14.0 Å². The summed E-state index contributed by atoms with van der Waals surface area (Å²) in [7, 11) is 0. The van der Waals surface area contributed by atoms with E-state index in [-0.39, 0.29) is 17.3 Å². The molecule has 24 heavy (non-hydrogen) atoms. The van der Waals surface area contributed by atoms with Crippen LogP contribution in [0.15, 0.2) is 60.3 Å². The third-order valence-electron chi connectivity index (χ3n) is 3.87. The lowest BCUT2D eigenvalue weighted by Crippen LogP contribution is -2.34. The molecule has 0 radical (unpaired) electrons. The van der Waals surface area contributed by atoms with E-state index < -0.39 is 11.7 Å². The summed E-state index contributed by atoms with van der Waals surface area (Å²) in [5, 5.41) is 2.72. The molecule has 2 aromatic carbocycles. The van der Waals surface area contributed by atoms with Crippen molar-refractivity contribution in [2.24, 2.45) is 0 Å². The maximum Gasteiger partial charge on any atom is 0.277 e. The van der Waals surface area contributed by atoms with Gasteiger partial charge in [0.25, 0.3) is 11.8 Å². The van der Waals surface area contributed by atoms with Crippen LogP contribution in [0.2, 0.25) is 0 Å². The lowest BCUT2D eigenvalue weighted by atomic mass is 10.1. The molecule has 0 atom stereocenters. The van der Waals surface area contributed by atoms with Crippen LogP contribution >= 0.6 is 0 Å². The molecule has 1 aliphatic heterocycles. The van der Waals surface area contributed by atoms with Gasteiger partial charge in [0, 0.05) is 12.6 Å². The Morgan fingerprint density at radius 1 is 1.08 bits per heavy atom. The van der Waals surface area contributed by atoms with Crippen molar-refractivity contribution in [2.75, 3.05) is 11.9 Å². The van der Waals surface area contributed by atoms with Gasteiger partial charge >= 0.3 is 0 Å². The zero-order chi connectivity index (χ0) is 17.1. The van der Waals surface area contributed by atoms with Gasteiger partial charge in [-0.2, -0.15) is 0 Å². The van der Waals surface area contributed by atoms with E-state index in [1.54, 1.807) is 19.1 Å². The molecule has 1 N–H and O–H groups in total. The van der Waals surface area contributed by atoms with Gasteiger partial charge in [0.2, 0.25) is 0 Å². The highest BCUT2D eigenvalue weighted by molar-refractivity contribution is 6.17. The number of nitrogens with one attached hydrogen (secondary N) is 1. The van der Waals surface area contributed by atoms with Crippen LogP contribution < -0.4 is 5.32 Å². The summed E-state index contributed by atoms with van der Waals surface area (Å²) in [6.45, 7) is 2.07. The highest BCUT2D eigenvalue weighted by Crippen LogP contribution is 2.21. The zero-order valence-electron chi connectivity index (χ0n) is 13.3. The lowest BCUT2D eigenvalue weighted by molar-refractivity contribution is -0.137. The number of amides is 2. The monoisotopic (exact) mass is 324 g/mol. The van der Waals surface area contributed by atoms with Crippen molar-refractivity contribution in [3.8, 4) is 0 Å². The van der Waals surface area contributed by atoms with Crippen LogP contribution in [-0.4, -0.2) is 23.3 Å². The van der Waals surface area contributed by atoms with Crippen molar-refractivity contribution in [2.45, 2.75) is 13.3 Å². The molecular weight excluding hydrogens is 307 g/mol. The maximum atomic E-state index is 13.9. The van der Waals surface area contributed by atoms with Crippen LogP contribution in [0.3, 0.4) is 0 Å². The molecular formula is C19H17FN2O2. The Kier molecular flexibility index (Phi) is 4.42. The second kappa shape index (κ2) is 6.66. The van der Waals surface area contributed by atoms with E-state index in [1.165, 1.54) is 17.0 Å². The predicted octanol–water partition coefficient (Wildman–Crippen LogP) is 3.04. The third kappa shape index (κ3) is 3.35. The smallest absolute Gasteiger partial charge is 0.277 e. The van der Waals surface area contributed by atoms with Crippen LogP contribution in [0, 0.1) is 12.7 Å². The van der Waals surface area contributed by atoms with Gasteiger partial charge in [0.05, 0.1) is 5.69 Å². The number of imide groups is 1. The van der Waals surface area contributed by atoms with E-state index in [4.69, 9.17) is 0 Å². The standard InChI is InChI=1S/C19H17FN2O2/c1-13-7-8-16(15(20)11-13)21-17-12-18(23)22(19(17)24)10-9-14-5-3-2-4-6-14/h2-8,11-12,21H,9-10H2,1H3. The second-order valence-electron chi connectivity index (χ2n) is 5.70. The summed E-state index contributed by atoms with van der Waals surface area (Å²) in [6, 6.07) is 14.3. The molecule has 2 amide bonds. The molecule has 0 unspecified atom stereocenters. The highest BCUT2D eigenvalue weighted by atomic mass is 19.1. The van der Waals surface area contributed by atoms with Crippen LogP contribution in [0.4, 0.5) is 10.1 Å². The zero-order valence-corrected chi connectivity index (χ0v) is 13.3. The summed E-state index contributed by atoms with van der Waals surface area (Å²) in [6.07, 6.45) is 1.80. The fourth-order valence-electron chi connectivity index (χ4n) is 2.56. The van der Waals surface area contributed by atoms with Gasteiger partial charge in [-0.3, -0.25) is 14.5 Å². The Morgan fingerprint density at radius 2 is 1.83 bits per heavy atom. The van der Waals surface area contributed by atoms with E-state index in [0.717, 1.165) is 11.1 Å². The minimum absolute atomic E-state index is 0.0933. The highest BCUT2D eigenvalue weighted by Gasteiger charge is 2.31. The Labute approximate surface area is 139 Å². The summed E-state index contributed by atoms with van der Waals surface area (Å²) in [4.78, 5) is 25.6. The van der Waals surface area contributed by atoms with Gasteiger partial charge < -0.3 is 5.32 Å². The van der Waals surface area contributed by atoms with E-state index in [2.05, 4.69) is 5.32 Å². The fourth-order valence-corrected chi connectivity index (χ4v) is 2.56. The third-order valence-corrected chi connectivity index (χ3v) is 3.87. The largest absolute Gasteiger partial charge is 0.348 e. The van der Waals surface area contributed by atoms with E-state index in [1.807, 2.05) is 30.3 Å². The number of benzene rings is 2. The normalized spacial score (nSPS) is 14.1. The molecule has 0 saturated heterocycles. The molecule has 0 aliphatic carbocycles. The second-order valence-corrected chi connectivity index (χ2v) is 5.70. The molecule has 122 valence electrons. The molecule has 0 aromatic heterocycles. The maximum absolute atomic E-state index is 13.9. The van der Waals surface area contributed by atoms with Gasteiger partial charge in [-0.25, -0.2) is 4.39 Å². The van der Waals surface area contributed by atoms with Crippen LogP contribution in [0.1, 0.15) is 11.1 Å². The van der Waals surface area contributed by atoms with Crippen molar-refractivity contribution in [1.82, 2.24) is 4.90 Å². The predicted molar refractivity (Wildman–Crippen MR) is 89.7 cm³/mol. The van der Waals surface area contributed by atoms with Crippen LogP contribution in [0.5, 0.6) is 0 Å². The average Bonchev–Trinajstić information content (AvgIpc) is 2.83. The van der Waals surface area contributed by atoms with E-state index in [0.29, 0.717) is 13.0 Å². The first-order valence-corrected chi connectivity index (χ1v) is 7.69. The van der Waals surface area contributed by atoms with Gasteiger partial charge in [-0.05, 0) is 36.6 Å². The van der Waals surface area contributed by atoms with Crippen molar-refractivity contribution in [1.29, 1.82) is 0 Å². The Hall–Kier alpha value is -2.95. The number of hydrogen-bond donors (Lipinski definition) is 1. The first-order chi connectivity index (χ1) is 11.5. The first kappa shape index (κ1) is 15.9. The van der Waals surface area contributed by atoms with Gasteiger partial charge in [-0.15, -0.1) is 0 Å². The number of aryl methyl sites for hydroxylation is 1. The van der Waals surface area contributed by atoms with Gasteiger partial charge in [-0.1, -0.05) is 36.4 Å². The van der Waals surface area contributed by atoms with Crippen molar-refractivity contribution >= 4 is 17.5 Å². The van der Waals surface area contributed by atoms with E-state index >= 15 is 0 Å². The summed E-state index contributed by atoms with van der Waals surface area (Å²) in [5.74, 6) is -1.28. The number of carbonyl (C=O) groups is 2. The number of anilines is 1. The molecule has 1 aliphatic rings.